The normalized spacial score (nSPS) is 10.8. The molecule has 2 heterocycles. The number of carbonyl (C=O) groups is 2. The number of hydrogen-bond donors (Lipinski definition) is 1. The van der Waals surface area contributed by atoms with Crippen LogP contribution < -0.4 is 5.73 Å². The molecule has 31 heavy (non-hydrogen) atoms. The monoisotopic (exact) mass is 460 g/mol. The average molecular weight is 461 g/mol. The summed E-state index contributed by atoms with van der Waals surface area (Å²) in [6.45, 7) is 7.75. The van der Waals surface area contributed by atoms with Crippen LogP contribution in [0.2, 0.25) is 0 Å². The molecule has 2 aromatic heterocycles. The summed E-state index contributed by atoms with van der Waals surface area (Å²) in [6.07, 6.45) is 0. The van der Waals surface area contributed by atoms with Gasteiger partial charge in [-0.1, -0.05) is 23.9 Å². The van der Waals surface area contributed by atoms with Crippen molar-refractivity contribution in [3.63, 3.8) is 0 Å². The standard InChI is InChI=1S/C21H24N4O4S2/c1-5-28-19(26)16-15(17(31-18(16)22)20(27)29-6-2)11-30-21-24-23-13(4)25(21)14-9-7-8-12(3)10-14/h7-10H,5-6,11,22H2,1-4H3. The fraction of sp³-hybridized carbons (Fsp3) is 0.333. The zero-order chi connectivity index (χ0) is 22.5. The van der Waals surface area contributed by atoms with Gasteiger partial charge in [-0.25, -0.2) is 9.59 Å². The van der Waals surface area contributed by atoms with Crippen molar-refractivity contribution < 1.29 is 19.1 Å². The number of nitrogens with two attached hydrogens (primary N) is 1. The quantitative estimate of drug-likeness (QED) is 0.394. The lowest BCUT2D eigenvalue weighted by atomic mass is 10.1. The molecule has 10 heteroatoms. The summed E-state index contributed by atoms with van der Waals surface area (Å²) < 4.78 is 12.3. The first-order valence-corrected chi connectivity index (χ1v) is 11.5. The highest BCUT2D eigenvalue weighted by Crippen LogP contribution is 2.37. The van der Waals surface area contributed by atoms with Gasteiger partial charge in [-0.15, -0.1) is 21.5 Å². The van der Waals surface area contributed by atoms with Crippen molar-refractivity contribution in [3.05, 3.63) is 51.7 Å². The summed E-state index contributed by atoms with van der Waals surface area (Å²) in [5.41, 5.74) is 8.83. The number of hydrogen-bond acceptors (Lipinski definition) is 9. The van der Waals surface area contributed by atoms with Gasteiger partial charge < -0.3 is 15.2 Å². The molecule has 1 aromatic carbocycles. The Morgan fingerprint density at radius 2 is 1.84 bits per heavy atom. The first-order valence-electron chi connectivity index (χ1n) is 9.74. The third kappa shape index (κ3) is 4.91. The molecule has 0 saturated heterocycles. The van der Waals surface area contributed by atoms with Gasteiger partial charge in [-0.3, -0.25) is 4.57 Å². The Morgan fingerprint density at radius 3 is 2.52 bits per heavy atom. The minimum atomic E-state index is -0.557. The molecule has 0 aliphatic carbocycles. The summed E-state index contributed by atoms with van der Waals surface area (Å²) >= 11 is 2.39. The maximum atomic E-state index is 12.5. The number of aromatic nitrogens is 3. The Balaban J connectivity index is 1.98. The predicted octanol–water partition coefficient (Wildman–Crippen LogP) is 4.17. The minimum absolute atomic E-state index is 0.205. The van der Waals surface area contributed by atoms with Crippen LogP contribution >= 0.6 is 23.1 Å². The second-order valence-corrected chi connectivity index (χ2v) is 8.58. The van der Waals surface area contributed by atoms with E-state index in [-0.39, 0.29) is 29.5 Å². The molecule has 3 rings (SSSR count). The fourth-order valence-corrected chi connectivity index (χ4v) is 5.14. The third-order valence-electron chi connectivity index (χ3n) is 4.38. The maximum Gasteiger partial charge on any atom is 0.348 e. The van der Waals surface area contributed by atoms with Gasteiger partial charge in [0.15, 0.2) is 5.16 Å². The van der Waals surface area contributed by atoms with Crippen molar-refractivity contribution in [1.29, 1.82) is 0 Å². The molecule has 0 amide bonds. The van der Waals surface area contributed by atoms with Gasteiger partial charge in [-0.05, 0) is 45.4 Å². The Morgan fingerprint density at radius 1 is 1.13 bits per heavy atom. The molecular weight excluding hydrogens is 436 g/mol. The van der Waals surface area contributed by atoms with Crippen LogP contribution in [0, 0.1) is 13.8 Å². The van der Waals surface area contributed by atoms with Gasteiger partial charge in [0.1, 0.15) is 15.7 Å². The van der Waals surface area contributed by atoms with E-state index in [9.17, 15) is 9.59 Å². The highest BCUT2D eigenvalue weighted by Gasteiger charge is 2.28. The van der Waals surface area contributed by atoms with Crippen molar-refractivity contribution in [2.45, 2.75) is 38.6 Å². The molecule has 0 aliphatic rings. The summed E-state index contributed by atoms with van der Waals surface area (Å²) in [7, 11) is 0. The number of carbonyl (C=O) groups excluding carboxylic acids is 2. The average Bonchev–Trinajstić information content (AvgIpc) is 3.26. The van der Waals surface area contributed by atoms with E-state index in [1.807, 2.05) is 42.7 Å². The van der Waals surface area contributed by atoms with Crippen LogP contribution in [0.15, 0.2) is 29.4 Å². The lowest BCUT2D eigenvalue weighted by molar-refractivity contribution is 0.0527. The number of thiophene rings is 1. The first-order chi connectivity index (χ1) is 14.9. The summed E-state index contributed by atoms with van der Waals surface area (Å²) in [5.74, 6) is -0.0606. The fourth-order valence-electron chi connectivity index (χ4n) is 3.05. The molecule has 0 saturated carbocycles. The SMILES string of the molecule is CCOC(=O)c1sc(N)c(C(=O)OCC)c1CSc1nnc(C)n1-c1cccc(C)c1. The summed E-state index contributed by atoms with van der Waals surface area (Å²) in [6, 6.07) is 8.00. The number of ether oxygens (including phenoxy) is 2. The van der Waals surface area contributed by atoms with E-state index >= 15 is 0 Å². The van der Waals surface area contributed by atoms with Crippen LogP contribution in [0.25, 0.3) is 5.69 Å². The van der Waals surface area contributed by atoms with Crippen molar-refractivity contribution in [2.24, 2.45) is 0 Å². The molecule has 0 unspecified atom stereocenters. The highest BCUT2D eigenvalue weighted by molar-refractivity contribution is 7.98. The van der Waals surface area contributed by atoms with Crippen LogP contribution in [0.1, 0.15) is 50.8 Å². The number of rotatable bonds is 8. The number of nitrogens with zero attached hydrogens (tertiary/aromatic N) is 3. The lowest BCUT2D eigenvalue weighted by Gasteiger charge is -2.10. The second kappa shape index (κ2) is 9.97. The number of nitrogen functional groups attached to an aromatic ring is 1. The topological polar surface area (TPSA) is 109 Å². The first kappa shape index (κ1) is 22.8. The van der Waals surface area contributed by atoms with E-state index in [2.05, 4.69) is 10.2 Å². The number of anilines is 1. The minimum Gasteiger partial charge on any atom is -0.462 e. The molecule has 0 aliphatic heterocycles. The maximum absolute atomic E-state index is 12.5. The van der Waals surface area contributed by atoms with E-state index < -0.39 is 11.9 Å². The van der Waals surface area contributed by atoms with Gasteiger partial charge >= 0.3 is 11.9 Å². The van der Waals surface area contributed by atoms with Crippen molar-refractivity contribution in [1.82, 2.24) is 14.8 Å². The van der Waals surface area contributed by atoms with Gasteiger partial charge in [0, 0.05) is 17.0 Å². The molecular formula is C21H24N4O4S2. The third-order valence-corrected chi connectivity index (χ3v) is 6.37. The van der Waals surface area contributed by atoms with E-state index in [1.54, 1.807) is 13.8 Å². The highest BCUT2D eigenvalue weighted by atomic mass is 32.2. The summed E-state index contributed by atoms with van der Waals surface area (Å²) in [5, 5.41) is 9.35. The van der Waals surface area contributed by atoms with Crippen molar-refractivity contribution in [3.8, 4) is 5.69 Å². The van der Waals surface area contributed by atoms with Crippen molar-refractivity contribution in [2.75, 3.05) is 18.9 Å². The Hall–Kier alpha value is -2.85. The van der Waals surface area contributed by atoms with E-state index in [0.717, 1.165) is 28.4 Å². The van der Waals surface area contributed by atoms with Crippen LogP contribution in [-0.4, -0.2) is 39.9 Å². The van der Waals surface area contributed by atoms with Gasteiger partial charge in [0.2, 0.25) is 0 Å². The van der Waals surface area contributed by atoms with Gasteiger partial charge in [0.25, 0.3) is 0 Å². The van der Waals surface area contributed by atoms with E-state index in [4.69, 9.17) is 15.2 Å². The molecule has 164 valence electrons. The molecule has 0 spiro atoms. The van der Waals surface area contributed by atoms with Crippen LogP contribution in [-0.2, 0) is 15.2 Å². The molecule has 0 fully saturated rings. The van der Waals surface area contributed by atoms with E-state index in [1.165, 1.54) is 11.8 Å². The zero-order valence-electron chi connectivity index (χ0n) is 17.8. The Kier molecular flexibility index (Phi) is 7.34. The smallest absolute Gasteiger partial charge is 0.348 e. The van der Waals surface area contributed by atoms with Crippen molar-refractivity contribution >= 4 is 40.0 Å². The number of aryl methyl sites for hydroxylation is 2. The molecule has 8 nitrogen and oxygen atoms in total. The van der Waals surface area contributed by atoms with Crippen LogP contribution in [0.5, 0.6) is 0 Å². The number of benzene rings is 1. The van der Waals surface area contributed by atoms with E-state index in [0.29, 0.717) is 15.6 Å². The zero-order valence-corrected chi connectivity index (χ0v) is 19.4. The largest absolute Gasteiger partial charge is 0.462 e. The molecule has 0 bridgehead atoms. The van der Waals surface area contributed by atoms with Crippen LogP contribution in [0.3, 0.4) is 0 Å². The number of esters is 2. The Bertz CT molecular complexity index is 1110. The molecule has 2 N–H and O–H groups in total. The molecule has 0 atom stereocenters. The second-order valence-electron chi connectivity index (χ2n) is 6.58. The predicted molar refractivity (Wildman–Crippen MR) is 121 cm³/mol. The Labute approximate surface area is 188 Å². The lowest BCUT2D eigenvalue weighted by Crippen LogP contribution is -2.11. The number of thioether (sulfide) groups is 1. The summed E-state index contributed by atoms with van der Waals surface area (Å²) in [4.78, 5) is 25.3. The van der Waals surface area contributed by atoms with Gasteiger partial charge in [-0.2, -0.15) is 0 Å². The molecule has 0 radical (unpaired) electrons. The molecule has 3 aromatic rings. The van der Waals surface area contributed by atoms with Crippen LogP contribution in [0.4, 0.5) is 5.00 Å². The van der Waals surface area contributed by atoms with Gasteiger partial charge in [0.05, 0.1) is 18.8 Å².